The number of carbonyl (C=O) groups excluding carboxylic acids is 1. The Balaban J connectivity index is 1.22. The SMILES string of the molecule is CC(C)(C)c1ccc(C(=O)c2ccc(Oc3ccc(C(c4ccc(OC(C)(C)C56CCC5CC6)cc4)(C(F)(F)F)C(F)(F)F)cc3)cc2)cc1. The molecule has 0 amide bonds. The lowest BCUT2D eigenvalue weighted by Crippen LogP contribution is -2.63. The summed E-state index contributed by atoms with van der Waals surface area (Å²) in [7, 11) is 0. The van der Waals surface area contributed by atoms with Gasteiger partial charge in [0.2, 0.25) is 5.41 Å². The molecule has 9 heteroatoms. The highest BCUT2D eigenvalue weighted by Crippen LogP contribution is 2.67. The number of rotatable bonds is 9. The monoisotopic (exact) mass is 694 g/mol. The van der Waals surface area contributed by atoms with Gasteiger partial charge in [-0.3, -0.25) is 4.79 Å². The standard InChI is InChI=1S/C41H40F6O3/c1-36(2,3)28-10-6-26(7-11-28)35(48)27-8-16-32(17-9-27)49-33-18-12-30(13-19-33)39(40(42,43)44,41(45,46)47)31-14-20-34(21-15-31)50-37(4,5)38-24-22-29(38)23-25-38/h6-21,29H,22-25H2,1-5H3. The molecule has 0 heterocycles. The molecule has 0 spiro atoms. The second-order valence-corrected chi connectivity index (χ2v) is 15.1. The summed E-state index contributed by atoms with van der Waals surface area (Å²) in [5, 5.41) is 0. The second kappa shape index (κ2) is 12.2. The summed E-state index contributed by atoms with van der Waals surface area (Å²) in [6, 6.07) is 21.3. The zero-order valence-corrected chi connectivity index (χ0v) is 28.6. The van der Waals surface area contributed by atoms with Gasteiger partial charge in [-0.15, -0.1) is 0 Å². The van der Waals surface area contributed by atoms with Crippen LogP contribution < -0.4 is 9.47 Å². The first-order chi connectivity index (χ1) is 23.3. The van der Waals surface area contributed by atoms with E-state index in [2.05, 4.69) is 20.8 Å². The lowest BCUT2D eigenvalue weighted by Gasteiger charge is -2.65. The number of ether oxygens (including phenoxy) is 2. The highest BCUT2D eigenvalue weighted by atomic mass is 19.4. The first-order valence-corrected chi connectivity index (χ1v) is 16.8. The molecule has 0 saturated heterocycles. The predicted molar refractivity (Wildman–Crippen MR) is 180 cm³/mol. The van der Waals surface area contributed by atoms with Crippen molar-refractivity contribution >= 4 is 5.78 Å². The van der Waals surface area contributed by atoms with Crippen LogP contribution >= 0.6 is 0 Å². The molecule has 3 nitrogen and oxygen atoms in total. The molecule has 264 valence electrons. The van der Waals surface area contributed by atoms with Crippen molar-refractivity contribution in [2.24, 2.45) is 11.3 Å². The first-order valence-electron chi connectivity index (χ1n) is 16.8. The van der Waals surface area contributed by atoms with Crippen molar-refractivity contribution in [3.63, 3.8) is 0 Å². The van der Waals surface area contributed by atoms with Crippen LogP contribution in [0.1, 0.15) is 92.9 Å². The van der Waals surface area contributed by atoms with Gasteiger partial charge in [0.25, 0.3) is 0 Å². The zero-order chi connectivity index (χ0) is 36.3. The Kier molecular flexibility index (Phi) is 8.68. The van der Waals surface area contributed by atoms with Crippen molar-refractivity contribution < 1.29 is 40.6 Å². The van der Waals surface area contributed by atoms with Crippen LogP contribution in [0.25, 0.3) is 0 Å². The third-order valence-corrected chi connectivity index (χ3v) is 11.0. The number of hydrogen-bond acceptors (Lipinski definition) is 3. The Bertz CT molecular complexity index is 1810. The third-order valence-electron chi connectivity index (χ3n) is 11.0. The molecule has 0 atom stereocenters. The second-order valence-electron chi connectivity index (χ2n) is 15.1. The Morgan fingerprint density at radius 3 is 1.32 bits per heavy atom. The maximum absolute atomic E-state index is 14.8. The minimum absolute atomic E-state index is 0.00440. The van der Waals surface area contributed by atoms with Crippen molar-refractivity contribution in [1.82, 2.24) is 0 Å². The summed E-state index contributed by atoms with van der Waals surface area (Å²) in [4.78, 5) is 13.0. The average molecular weight is 695 g/mol. The maximum atomic E-state index is 14.8. The van der Waals surface area contributed by atoms with E-state index in [0.717, 1.165) is 67.6 Å². The van der Waals surface area contributed by atoms with Gasteiger partial charge in [-0.2, -0.15) is 26.3 Å². The largest absolute Gasteiger partial charge is 0.487 e. The average Bonchev–Trinajstić information content (AvgIpc) is 3.02. The molecule has 0 aromatic heterocycles. The molecule has 2 aliphatic rings. The van der Waals surface area contributed by atoms with E-state index in [4.69, 9.17) is 9.47 Å². The van der Waals surface area contributed by atoms with E-state index < -0.39 is 34.5 Å². The van der Waals surface area contributed by atoms with Crippen molar-refractivity contribution in [3.8, 4) is 17.2 Å². The van der Waals surface area contributed by atoms with Crippen molar-refractivity contribution in [3.05, 3.63) is 125 Å². The lowest BCUT2D eigenvalue weighted by molar-refractivity contribution is -0.288. The number of fused-ring (bicyclic) bond motifs is 1. The van der Waals surface area contributed by atoms with Crippen molar-refractivity contribution in [2.75, 3.05) is 0 Å². The van der Waals surface area contributed by atoms with Crippen LogP contribution in [-0.4, -0.2) is 23.7 Å². The smallest absolute Gasteiger partial charge is 0.411 e. The van der Waals surface area contributed by atoms with E-state index in [1.807, 2.05) is 26.0 Å². The van der Waals surface area contributed by atoms with Crippen LogP contribution in [0.5, 0.6) is 17.2 Å². The molecular weight excluding hydrogens is 654 g/mol. The number of ketones is 1. The fourth-order valence-electron chi connectivity index (χ4n) is 7.78. The number of hydrogen-bond donors (Lipinski definition) is 0. The summed E-state index contributed by atoms with van der Waals surface area (Å²) in [6.45, 7) is 10.1. The fourth-order valence-corrected chi connectivity index (χ4v) is 7.78. The molecule has 0 bridgehead atoms. The van der Waals surface area contributed by atoms with E-state index in [0.29, 0.717) is 17.0 Å². The van der Waals surface area contributed by atoms with Crippen LogP contribution in [0.15, 0.2) is 97.1 Å². The molecule has 2 aliphatic carbocycles. The van der Waals surface area contributed by atoms with Gasteiger partial charge in [-0.25, -0.2) is 0 Å². The van der Waals surface area contributed by atoms with Gasteiger partial charge in [0.05, 0.1) is 0 Å². The summed E-state index contributed by atoms with van der Waals surface area (Å²) >= 11 is 0. The highest BCUT2D eigenvalue weighted by Gasteiger charge is 2.72. The van der Waals surface area contributed by atoms with Crippen LogP contribution in [0.4, 0.5) is 26.3 Å². The minimum Gasteiger partial charge on any atom is -0.487 e. The van der Waals surface area contributed by atoms with Gasteiger partial charge in [0, 0.05) is 16.5 Å². The van der Waals surface area contributed by atoms with Gasteiger partial charge in [-0.1, -0.05) is 69.3 Å². The highest BCUT2D eigenvalue weighted by molar-refractivity contribution is 6.09. The van der Waals surface area contributed by atoms with Crippen LogP contribution in [0, 0.1) is 11.3 Å². The Labute approximate surface area is 288 Å². The molecule has 2 fully saturated rings. The van der Waals surface area contributed by atoms with Crippen molar-refractivity contribution in [2.45, 2.75) is 89.1 Å². The summed E-state index contributed by atoms with van der Waals surface area (Å²) < 4.78 is 101. The summed E-state index contributed by atoms with van der Waals surface area (Å²) in [5.74, 6) is 0.838. The molecule has 50 heavy (non-hydrogen) atoms. The normalized spacial score (nSPS) is 19.5. The Morgan fingerprint density at radius 2 is 0.960 bits per heavy atom. The number of alkyl halides is 6. The molecule has 6 rings (SSSR count). The molecule has 0 unspecified atom stereocenters. The molecule has 4 aromatic rings. The van der Waals surface area contributed by atoms with Crippen LogP contribution in [0.3, 0.4) is 0 Å². The van der Waals surface area contributed by atoms with Crippen LogP contribution in [0.2, 0.25) is 0 Å². The van der Waals surface area contributed by atoms with Gasteiger partial charge < -0.3 is 9.47 Å². The number of halogens is 6. The molecule has 4 aromatic carbocycles. The van der Waals surface area contributed by atoms with Gasteiger partial charge in [0.1, 0.15) is 22.8 Å². The van der Waals surface area contributed by atoms with E-state index in [-0.39, 0.29) is 33.9 Å². The van der Waals surface area contributed by atoms with E-state index in [1.54, 1.807) is 24.3 Å². The van der Waals surface area contributed by atoms with E-state index in [9.17, 15) is 31.1 Å². The molecule has 2 saturated carbocycles. The summed E-state index contributed by atoms with van der Waals surface area (Å²) in [6.07, 6.45) is -7.26. The number of carbonyl (C=O) groups is 1. The van der Waals surface area contributed by atoms with Crippen LogP contribution in [-0.2, 0) is 10.8 Å². The molecule has 0 radical (unpaired) electrons. The molecule has 0 aliphatic heterocycles. The summed E-state index contributed by atoms with van der Waals surface area (Å²) in [5.41, 5.74) is -4.95. The fraction of sp³-hybridized carbons (Fsp3) is 0.390. The Morgan fingerprint density at radius 1 is 0.580 bits per heavy atom. The first kappa shape index (κ1) is 35.6. The maximum Gasteiger partial charge on any atom is 0.411 e. The molecular formula is C41H40F6O3. The third kappa shape index (κ3) is 5.96. The molecule has 0 N–H and O–H groups in total. The topological polar surface area (TPSA) is 35.5 Å². The van der Waals surface area contributed by atoms with Gasteiger partial charge in [0.15, 0.2) is 5.78 Å². The van der Waals surface area contributed by atoms with Gasteiger partial charge in [-0.05, 0) is 116 Å². The zero-order valence-electron chi connectivity index (χ0n) is 28.6. The van der Waals surface area contributed by atoms with E-state index >= 15 is 0 Å². The van der Waals surface area contributed by atoms with E-state index in [1.165, 1.54) is 24.3 Å². The Hall–Kier alpha value is -4.27. The quantitative estimate of drug-likeness (QED) is 0.129. The lowest BCUT2D eigenvalue weighted by atomic mass is 9.42. The van der Waals surface area contributed by atoms with Gasteiger partial charge >= 0.3 is 12.4 Å². The van der Waals surface area contributed by atoms with Crippen molar-refractivity contribution in [1.29, 1.82) is 0 Å². The minimum atomic E-state index is -5.73. The predicted octanol–water partition coefficient (Wildman–Crippen LogP) is 11.8. The number of benzene rings is 4.